The van der Waals surface area contributed by atoms with Gasteiger partial charge in [0.05, 0.1) is 12.2 Å². The summed E-state index contributed by atoms with van der Waals surface area (Å²) in [5, 5.41) is 5.89. The number of hydrogen-bond donors (Lipinski definition) is 2. The second-order valence-electron chi connectivity index (χ2n) is 10.2. The quantitative estimate of drug-likeness (QED) is 0.187. The van der Waals surface area contributed by atoms with Crippen LogP contribution in [0.25, 0.3) is 0 Å². The predicted molar refractivity (Wildman–Crippen MR) is 165 cm³/mol. The van der Waals surface area contributed by atoms with Gasteiger partial charge >= 0.3 is 0 Å². The SMILES string of the molecule is CCC(C)Oc1ccc(C(=O)Nc2ccc(Cc3ccc(NC(=O)c4ccc(OC(C)CC)cc4)cc3)cc2)cc1. The van der Waals surface area contributed by atoms with Crippen molar-refractivity contribution in [3.63, 3.8) is 0 Å². The van der Waals surface area contributed by atoms with E-state index in [1.807, 2.05) is 86.6 Å². The maximum absolute atomic E-state index is 12.7. The van der Waals surface area contributed by atoms with Gasteiger partial charge in [0.25, 0.3) is 11.8 Å². The zero-order valence-corrected chi connectivity index (χ0v) is 24.1. The number of anilines is 2. The Morgan fingerprint density at radius 2 is 0.902 bits per heavy atom. The van der Waals surface area contributed by atoms with E-state index in [-0.39, 0.29) is 24.0 Å². The molecule has 2 unspecified atom stereocenters. The van der Waals surface area contributed by atoms with E-state index in [2.05, 4.69) is 24.5 Å². The Bertz CT molecular complexity index is 1300. The molecule has 0 aliphatic carbocycles. The van der Waals surface area contributed by atoms with Gasteiger partial charge < -0.3 is 20.1 Å². The average Bonchev–Trinajstić information content (AvgIpc) is 2.99. The summed E-state index contributed by atoms with van der Waals surface area (Å²) in [7, 11) is 0. The molecule has 6 nitrogen and oxygen atoms in total. The van der Waals surface area contributed by atoms with Crippen molar-refractivity contribution >= 4 is 23.2 Å². The number of nitrogens with one attached hydrogen (secondary N) is 2. The number of carbonyl (C=O) groups excluding carboxylic acids is 2. The molecule has 2 N–H and O–H groups in total. The van der Waals surface area contributed by atoms with Crippen LogP contribution in [0, 0.1) is 0 Å². The summed E-state index contributed by atoms with van der Waals surface area (Å²) < 4.78 is 11.6. The molecular formula is C35H38N2O4. The lowest BCUT2D eigenvalue weighted by Gasteiger charge is -2.13. The topological polar surface area (TPSA) is 76.7 Å². The summed E-state index contributed by atoms with van der Waals surface area (Å²) in [6.45, 7) is 8.18. The smallest absolute Gasteiger partial charge is 0.255 e. The Kier molecular flexibility index (Phi) is 10.2. The summed E-state index contributed by atoms with van der Waals surface area (Å²) in [4.78, 5) is 25.3. The highest BCUT2D eigenvalue weighted by Crippen LogP contribution is 2.20. The van der Waals surface area contributed by atoms with Gasteiger partial charge in [-0.1, -0.05) is 38.1 Å². The molecule has 6 heteroatoms. The van der Waals surface area contributed by atoms with Crippen molar-refractivity contribution in [1.82, 2.24) is 0 Å². The van der Waals surface area contributed by atoms with Gasteiger partial charge in [0, 0.05) is 22.5 Å². The Hall–Kier alpha value is -4.58. The molecule has 0 radical (unpaired) electrons. The lowest BCUT2D eigenvalue weighted by Crippen LogP contribution is -2.13. The minimum absolute atomic E-state index is 0.135. The molecule has 0 fully saturated rings. The van der Waals surface area contributed by atoms with Gasteiger partial charge in [-0.15, -0.1) is 0 Å². The number of amides is 2. The first kappa shape index (κ1) is 29.4. The molecule has 2 atom stereocenters. The van der Waals surface area contributed by atoms with Crippen molar-refractivity contribution in [1.29, 1.82) is 0 Å². The minimum Gasteiger partial charge on any atom is -0.491 e. The Morgan fingerprint density at radius 1 is 0.561 bits per heavy atom. The molecule has 0 aliphatic rings. The van der Waals surface area contributed by atoms with E-state index in [1.165, 1.54) is 0 Å². The van der Waals surface area contributed by atoms with Crippen LogP contribution >= 0.6 is 0 Å². The highest BCUT2D eigenvalue weighted by atomic mass is 16.5. The largest absolute Gasteiger partial charge is 0.491 e. The molecule has 4 rings (SSSR count). The molecule has 0 saturated heterocycles. The molecular weight excluding hydrogens is 512 g/mol. The van der Waals surface area contributed by atoms with Gasteiger partial charge in [-0.25, -0.2) is 0 Å². The maximum Gasteiger partial charge on any atom is 0.255 e. The number of rotatable bonds is 12. The van der Waals surface area contributed by atoms with E-state index < -0.39 is 0 Å². The number of carbonyl (C=O) groups is 2. The normalized spacial score (nSPS) is 12.2. The summed E-state index contributed by atoms with van der Waals surface area (Å²) in [5.74, 6) is 1.18. The lowest BCUT2D eigenvalue weighted by molar-refractivity contribution is 0.101. The zero-order valence-electron chi connectivity index (χ0n) is 24.1. The third kappa shape index (κ3) is 8.70. The highest BCUT2D eigenvalue weighted by molar-refractivity contribution is 6.05. The molecule has 0 bridgehead atoms. The molecule has 0 heterocycles. The van der Waals surface area contributed by atoms with Crippen LogP contribution in [0.3, 0.4) is 0 Å². The molecule has 0 saturated carbocycles. The van der Waals surface area contributed by atoms with E-state index in [0.29, 0.717) is 11.1 Å². The summed E-state index contributed by atoms with van der Waals surface area (Å²) >= 11 is 0. The summed E-state index contributed by atoms with van der Waals surface area (Å²) in [5.41, 5.74) is 4.85. The average molecular weight is 551 g/mol. The second-order valence-corrected chi connectivity index (χ2v) is 10.2. The Labute approximate surface area is 242 Å². The van der Waals surface area contributed by atoms with Crippen molar-refractivity contribution in [3.8, 4) is 11.5 Å². The molecule has 0 spiro atoms. The van der Waals surface area contributed by atoms with Crippen LogP contribution in [-0.2, 0) is 6.42 Å². The number of benzene rings is 4. The predicted octanol–water partition coefficient (Wildman–Crippen LogP) is 8.14. The van der Waals surface area contributed by atoms with Crippen LogP contribution < -0.4 is 20.1 Å². The minimum atomic E-state index is -0.166. The highest BCUT2D eigenvalue weighted by Gasteiger charge is 2.10. The molecule has 4 aromatic carbocycles. The van der Waals surface area contributed by atoms with Gasteiger partial charge in [0.15, 0.2) is 0 Å². The number of hydrogen-bond acceptors (Lipinski definition) is 4. The van der Waals surface area contributed by atoms with Crippen molar-refractivity contribution < 1.29 is 19.1 Å². The molecule has 0 aliphatic heterocycles. The van der Waals surface area contributed by atoms with Gasteiger partial charge in [-0.05, 0) is 117 Å². The van der Waals surface area contributed by atoms with Gasteiger partial charge in [-0.3, -0.25) is 9.59 Å². The third-order valence-corrected chi connectivity index (χ3v) is 6.89. The standard InChI is InChI=1S/C35H38N2O4/c1-5-24(3)40-32-19-11-28(12-20-32)34(38)36-30-15-7-26(8-16-30)23-27-9-17-31(18-10-27)37-35(39)29-13-21-33(22-14-29)41-25(4)6-2/h7-22,24-25H,5-6,23H2,1-4H3,(H,36,38)(H,37,39). The maximum atomic E-state index is 12.7. The van der Waals surface area contributed by atoms with E-state index in [1.54, 1.807) is 24.3 Å². The lowest BCUT2D eigenvalue weighted by atomic mass is 10.0. The molecule has 212 valence electrons. The first-order valence-electron chi connectivity index (χ1n) is 14.2. The molecule has 41 heavy (non-hydrogen) atoms. The third-order valence-electron chi connectivity index (χ3n) is 6.89. The van der Waals surface area contributed by atoms with Crippen LogP contribution in [0.1, 0.15) is 72.4 Å². The van der Waals surface area contributed by atoms with Crippen molar-refractivity contribution in [3.05, 3.63) is 119 Å². The fourth-order valence-electron chi connectivity index (χ4n) is 4.06. The summed E-state index contributed by atoms with van der Waals surface area (Å²) in [6, 6.07) is 30.0. The van der Waals surface area contributed by atoms with E-state index in [0.717, 1.165) is 53.3 Å². The monoisotopic (exact) mass is 550 g/mol. The fourth-order valence-corrected chi connectivity index (χ4v) is 4.06. The van der Waals surface area contributed by atoms with Crippen LogP contribution in [0.2, 0.25) is 0 Å². The van der Waals surface area contributed by atoms with E-state index >= 15 is 0 Å². The van der Waals surface area contributed by atoms with Gasteiger partial charge in [0.2, 0.25) is 0 Å². The Morgan fingerprint density at radius 3 is 1.22 bits per heavy atom. The molecule has 4 aromatic rings. The van der Waals surface area contributed by atoms with Crippen LogP contribution in [0.5, 0.6) is 11.5 Å². The van der Waals surface area contributed by atoms with Crippen molar-refractivity contribution in [2.24, 2.45) is 0 Å². The first-order chi connectivity index (χ1) is 19.8. The van der Waals surface area contributed by atoms with E-state index in [4.69, 9.17) is 9.47 Å². The van der Waals surface area contributed by atoms with Gasteiger partial charge in [-0.2, -0.15) is 0 Å². The second kappa shape index (κ2) is 14.2. The summed E-state index contributed by atoms with van der Waals surface area (Å²) in [6.07, 6.45) is 2.85. The fraction of sp³-hybridized carbons (Fsp3) is 0.257. The van der Waals surface area contributed by atoms with Crippen molar-refractivity contribution in [2.75, 3.05) is 10.6 Å². The van der Waals surface area contributed by atoms with Gasteiger partial charge in [0.1, 0.15) is 11.5 Å². The van der Waals surface area contributed by atoms with Crippen LogP contribution in [-0.4, -0.2) is 24.0 Å². The number of ether oxygens (including phenoxy) is 2. The van der Waals surface area contributed by atoms with Crippen LogP contribution in [0.15, 0.2) is 97.1 Å². The van der Waals surface area contributed by atoms with E-state index in [9.17, 15) is 9.59 Å². The zero-order chi connectivity index (χ0) is 29.2. The Balaban J connectivity index is 1.27. The van der Waals surface area contributed by atoms with Crippen molar-refractivity contribution in [2.45, 2.75) is 59.2 Å². The molecule has 0 aromatic heterocycles. The first-order valence-corrected chi connectivity index (χ1v) is 14.2. The van der Waals surface area contributed by atoms with Crippen LogP contribution in [0.4, 0.5) is 11.4 Å². The molecule has 2 amide bonds.